The molecule has 2 atom stereocenters. The lowest BCUT2D eigenvalue weighted by Crippen LogP contribution is -2.49. The van der Waals surface area contributed by atoms with E-state index in [0.717, 1.165) is 31.9 Å². The fourth-order valence-corrected chi connectivity index (χ4v) is 4.86. The first-order valence-electron chi connectivity index (χ1n) is 10.9. The lowest BCUT2D eigenvalue weighted by atomic mass is 9.97. The highest BCUT2D eigenvalue weighted by atomic mass is 35.5. The Kier molecular flexibility index (Phi) is 7.21. The van der Waals surface area contributed by atoms with Gasteiger partial charge in [-0.2, -0.15) is 5.26 Å². The molecule has 0 amide bonds. The summed E-state index contributed by atoms with van der Waals surface area (Å²) < 4.78 is 0. The molecular weight excluding hydrogens is 451 g/mol. The van der Waals surface area contributed by atoms with Gasteiger partial charge in [0.25, 0.3) is 0 Å². The van der Waals surface area contributed by atoms with Crippen molar-refractivity contribution in [2.45, 2.75) is 18.9 Å². The molecule has 0 saturated carbocycles. The van der Waals surface area contributed by atoms with E-state index in [1.165, 1.54) is 11.1 Å². The SMILES string of the molecule is [C-]#[N+]c1ccc([C@@H](C)CN2CCN(c3ccc(C#N)cc3Cl)C(c3ccc(Cl)cc3)C2)cc1. The van der Waals surface area contributed by atoms with Gasteiger partial charge in [0.1, 0.15) is 0 Å². The lowest BCUT2D eigenvalue weighted by molar-refractivity contribution is 0.214. The largest absolute Gasteiger partial charge is 0.361 e. The van der Waals surface area contributed by atoms with E-state index in [9.17, 15) is 5.26 Å². The second-order valence-corrected chi connectivity index (χ2v) is 9.25. The van der Waals surface area contributed by atoms with Gasteiger partial charge in [-0.1, -0.05) is 66.5 Å². The smallest absolute Gasteiger partial charge is 0.187 e. The summed E-state index contributed by atoms with van der Waals surface area (Å²) in [6.07, 6.45) is 0. The molecule has 33 heavy (non-hydrogen) atoms. The quantitative estimate of drug-likeness (QED) is 0.370. The van der Waals surface area contributed by atoms with Crippen LogP contribution in [0.5, 0.6) is 0 Å². The normalized spacial score (nSPS) is 17.2. The maximum Gasteiger partial charge on any atom is 0.187 e. The number of benzene rings is 3. The molecule has 0 aromatic heterocycles. The van der Waals surface area contributed by atoms with Gasteiger partial charge in [-0.05, 0) is 47.4 Å². The van der Waals surface area contributed by atoms with Crippen LogP contribution in [-0.4, -0.2) is 31.1 Å². The Balaban J connectivity index is 1.57. The summed E-state index contributed by atoms with van der Waals surface area (Å²) >= 11 is 12.8. The zero-order valence-corrected chi connectivity index (χ0v) is 19.9. The molecule has 3 aromatic rings. The summed E-state index contributed by atoms with van der Waals surface area (Å²) in [6.45, 7) is 12.9. The van der Waals surface area contributed by atoms with E-state index < -0.39 is 0 Å². The van der Waals surface area contributed by atoms with Crippen molar-refractivity contribution in [1.29, 1.82) is 5.26 Å². The van der Waals surface area contributed by atoms with E-state index in [0.29, 0.717) is 27.2 Å². The van der Waals surface area contributed by atoms with Crippen LogP contribution in [0.25, 0.3) is 4.85 Å². The molecule has 4 rings (SSSR count). The van der Waals surface area contributed by atoms with Crippen LogP contribution in [0.2, 0.25) is 10.0 Å². The molecule has 1 heterocycles. The lowest BCUT2D eigenvalue weighted by Gasteiger charge is -2.44. The van der Waals surface area contributed by atoms with Gasteiger partial charge in [-0.25, -0.2) is 4.85 Å². The number of anilines is 1. The van der Waals surface area contributed by atoms with E-state index in [1.807, 2.05) is 36.4 Å². The molecular formula is C27H24Cl2N4. The molecule has 0 radical (unpaired) electrons. The molecule has 166 valence electrons. The van der Waals surface area contributed by atoms with Crippen molar-refractivity contribution < 1.29 is 0 Å². The molecule has 1 aliphatic heterocycles. The van der Waals surface area contributed by atoms with Crippen LogP contribution in [-0.2, 0) is 0 Å². The molecule has 0 aliphatic carbocycles. The molecule has 0 N–H and O–H groups in total. The summed E-state index contributed by atoms with van der Waals surface area (Å²) in [5.74, 6) is 0.348. The highest BCUT2D eigenvalue weighted by molar-refractivity contribution is 6.33. The summed E-state index contributed by atoms with van der Waals surface area (Å²) in [5, 5.41) is 10.5. The number of nitriles is 1. The molecule has 1 unspecified atom stereocenters. The van der Waals surface area contributed by atoms with E-state index in [2.05, 4.69) is 51.9 Å². The van der Waals surface area contributed by atoms with Gasteiger partial charge < -0.3 is 4.90 Å². The van der Waals surface area contributed by atoms with Gasteiger partial charge >= 0.3 is 0 Å². The van der Waals surface area contributed by atoms with Crippen LogP contribution < -0.4 is 4.90 Å². The first kappa shape index (κ1) is 23.1. The molecule has 1 fully saturated rings. The predicted molar refractivity (Wildman–Crippen MR) is 135 cm³/mol. The molecule has 0 spiro atoms. The van der Waals surface area contributed by atoms with Crippen molar-refractivity contribution in [3.63, 3.8) is 0 Å². The third-order valence-corrected chi connectivity index (χ3v) is 6.78. The first-order valence-corrected chi connectivity index (χ1v) is 11.7. The van der Waals surface area contributed by atoms with Crippen LogP contribution in [0.3, 0.4) is 0 Å². The number of hydrogen-bond acceptors (Lipinski definition) is 3. The first-order chi connectivity index (χ1) is 16.0. The fraction of sp³-hybridized carbons (Fsp3) is 0.259. The number of piperazine rings is 1. The molecule has 0 bridgehead atoms. The highest BCUT2D eigenvalue weighted by Crippen LogP contribution is 2.36. The van der Waals surface area contributed by atoms with Crippen LogP contribution >= 0.6 is 23.2 Å². The Morgan fingerprint density at radius 3 is 2.42 bits per heavy atom. The van der Waals surface area contributed by atoms with Crippen molar-refractivity contribution >= 4 is 34.6 Å². The minimum atomic E-state index is 0.109. The predicted octanol–water partition coefficient (Wildman–Crippen LogP) is 7.08. The van der Waals surface area contributed by atoms with E-state index >= 15 is 0 Å². The van der Waals surface area contributed by atoms with Crippen LogP contribution in [0.4, 0.5) is 11.4 Å². The van der Waals surface area contributed by atoms with Gasteiger partial charge in [-0.3, -0.25) is 4.90 Å². The van der Waals surface area contributed by atoms with Crippen molar-refractivity contribution in [1.82, 2.24) is 4.90 Å². The Hall–Kier alpha value is -3.02. The molecule has 6 heteroatoms. The Morgan fingerprint density at radius 1 is 1.06 bits per heavy atom. The van der Waals surface area contributed by atoms with Gasteiger partial charge in [-0.15, -0.1) is 0 Å². The third kappa shape index (κ3) is 5.32. The van der Waals surface area contributed by atoms with Crippen molar-refractivity contribution in [2.24, 2.45) is 0 Å². The second-order valence-electron chi connectivity index (χ2n) is 8.40. The van der Waals surface area contributed by atoms with Crippen LogP contribution in [0, 0.1) is 17.9 Å². The molecule has 3 aromatic carbocycles. The zero-order chi connectivity index (χ0) is 23.4. The minimum absolute atomic E-state index is 0.109. The summed E-state index contributed by atoms with van der Waals surface area (Å²) in [7, 11) is 0. The Labute approximate surface area is 205 Å². The maximum absolute atomic E-state index is 9.21. The molecule has 4 nitrogen and oxygen atoms in total. The topological polar surface area (TPSA) is 34.6 Å². The Morgan fingerprint density at radius 2 is 1.79 bits per heavy atom. The third-order valence-electron chi connectivity index (χ3n) is 6.23. The van der Waals surface area contributed by atoms with Gasteiger partial charge in [0.05, 0.1) is 35.0 Å². The summed E-state index contributed by atoms with van der Waals surface area (Å²) in [4.78, 5) is 8.31. The minimum Gasteiger partial charge on any atom is -0.361 e. The summed E-state index contributed by atoms with van der Waals surface area (Å²) in [6, 6.07) is 23.7. The van der Waals surface area contributed by atoms with Crippen molar-refractivity contribution in [3.05, 3.63) is 105 Å². The number of rotatable bonds is 5. The van der Waals surface area contributed by atoms with Crippen molar-refractivity contribution in [3.8, 4) is 6.07 Å². The summed E-state index contributed by atoms with van der Waals surface area (Å²) in [5.41, 5.74) is 4.59. The van der Waals surface area contributed by atoms with Crippen LogP contribution in [0.1, 0.15) is 35.6 Å². The maximum atomic E-state index is 9.21. The zero-order valence-electron chi connectivity index (χ0n) is 18.4. The second kappa shape index (κ2) is 10.3. The Bertz CT molecular complexity index is 1190. The van der Waals surface area contributed by atoms with E-state index in [1.54, 1.807) is 6.07 Å². The number of hydrogen-bond donors (Lipinski definition) is 0. The highest BCUT2D eigenvalue weighted by Gasteiger charge is 2.30. The fourth-order valence-electron chi connectivity index (χ4n) is 4.44. The molecule has 1 saturated heterocycles. The van der Waals surface area contributed by atoms with Crippen LogP contribution in [0.15, 0.2) is 66.7 Å². The van der Waals surface area contributed by atoms with Gasteiger partial charge in [0, 0.05) is 31.2 Å². The monoisotopic (exact) mass is 474 g/mol. The average molecular weight is 475 g/mol. The van der Waals surface area contributed by atoms with Gasteiger partial charge in [0.2, 0.25) is 0 Å². The number of halogens is 2. The number of nitrogens with zero attached hydrogens (tertiary/aromatic N) is 4. The molecule has 1 aliphatic rings. The van der Waals surface area contributed by atoms with E-state index in [-0.39, 0.29) is 6.04 Å². The standard InChI is InChI=1S/C27H24Cl2N4/c1-19(21-6-10-24(31-2)11-7-21)17-32-13-14-33(26-12-3-20(16-30)15-25(26)29)27(18-32)22-4-8-23(28)9-5-22/h3-12,15,19,27H,13-14,17-18H2,1H3/t19-,27?/m0/s1. The van der Waals surface area contributed by atoms with Gasteiger partial charge in [0.15, 0.2) is 5.69 Å². The van der Waals surface area contributed by atoms with Crippen molar-refractivity contribution in [2.75, 3.05) is 31.1 Å². The van der Waals surface area contributed by atoms with E-state index in [4.69, 9.17) is 29.8 Å². The average Bonchev–Trinajstić information content (AvgIpc) is 2.84.